The highest BCUT2D eigenvalue weighted by atomic mass is 16.4. The number of hydrogen-bond donors (Lipinski definition) is 2. The zero-order valence-corrected chi connectivity index (χ0v) is 16.9. The van der Waals surface area contributed by atoms with Crippen LogP contribution in [0.1, 0.15) is 34.1 Å². The van der Waals surface area contributed by atoms with E-state index in [9.17, 15) is 10.0 Å². The molecule has 0 amide bonds. The molecular formula is C23H27BN2O2. The molecule has 0 saturated carbocycles. The van der Waals surface area contributed by atoms with Crippen molar-refractivity contribution in [1.82, 2.24) is 0 Å². The Labute approximate surface area is 166 Å². The van der Waals surface area contributed by atoms with Crippen LogP contribution >= 0.6 is 0 Å². The summed E-state index contributed by atoms with van der Waals surface area (Å²) in [6.07, 6.45) is 10.8. The fourth-order valence-corrected chi connectivity index (χ4v) is 3.74. The predicted molar refractivity (Wildman–Crippen MR) is 119 cm³/mol. The lowest BCUT2D eigenvalue weighted by atomic mass is 9.76. The van der Waals surface area contributed by atoms with Gasteiger partial charge in [-0.25, -0.2) is 0 Å². The summed E-state index contributed by atoms with van der Waals surface area (Å²) in [6.45, 7) is 8.04. The van der Waals surface area contributed by atoms with Gasteiger partial charge in [-0.2, -0.15) is 0 Å². The SMILES string of the molecule is CC/C(B(O)O)=c1/cccc/c1=C(/C)C(C)=NC1=C(C)C=CC2C=CC=NC12. The van der Waals surface area contributed by atoms with E-state index in [1.165, 1.54) is 0 Å². The van der Waals surface area contributed by atoms with Crippen LogP contribution in [0.3, 0.4) is 0 Å². The summed E-state index contributed by atoms with van der Waals surface area (Å²) in [5.41, 5.74) is 4.65. The Hall–Kier alpha value is -2.50. The summed E-state index contributed by atoms with van der Waals surface area (Å²) in [6, 6.07) is 7.85. The minimum atomic E-state index is -1.46. The number of dihydropyridines is 1. The first-order valence-electron chi connectivity index (χ1n) is 9.73. The molecule has 0 saturated heterocycles. The summed E-state index contributed by atoms with van der Waals surface area (Å²) in [5, 5.41) is 21.4. The molecule has 1 aliphatic heterocycles. The zero-order chi connectivity index (χ0) is 20.3. The second kappa shape index (κ2) is 8.67. The lowest BCUT2D eigenvalue weighted by molar-refractivity contribution is 0.425. The van der Waals surface area contributed by atoms with Crippen molar-refractivity contribution in [2.75, 3.05) is 0 Å². The summed E-state index contributed by atoms with van der Waals surface area (Å²) in [7, 11) is -1.46. The Morgan fingerprint density at radius 1 is 1.14 bits per heavy atom. The molecule has 1 aromatic rings. The number of allylic oxidation sites excluding steroid dienone is 3. The van der Waals surface area contributed by atoms with Crippen molar-refractivity contribution in [3.05, 3.63) is 70.3 Å². The predicted octanol–water partition coefficient (Wildman–Crippen LogP) is 2.36. The van der Waals surface area contributed by atoms with Crippen LogP contribution in [0.4, 0.5) is 0 Å². The van der Waals surface area contributed by atoms with Gasteiger partial charge in [0.25, 0.3) is 0 Å². The van der Waals surface area contributed by atoms with Crippen LogP contribution in [0.25, 0.3) is 11.0 Å². The van der Waals surface area contributed by atoms with Crippen LogP contribution in [0.2, 0.25) is 0 Å². The van der Waals surface area contributed by atoms with Gasteiger partial charge >= 0.3 is 7.12 Å². The largest absolute Gasteiger partial charge is 0.484 e. The summed E-state index contributed by atoms with van der Waals surface area (Å²) < 4.78 is 0. The third-order valence-electron chi connectivity index (χ3n) is 5.48. The lowest BCUT2D eigenvalue weighted by Crippen LogP contribution is -2.34. The number of nitrogens with zero attached hydrogens (tertiary/aromatic N) is 2. The Kier molecular flexibility index (Phi) is 6.27. The number of rotatable bonds is 4. The van der Waals surface area contributed by atoms with Crippen molar-refractivity contribution in [2.45, 2.75) is 40.2 Å². The fourth-order valence-electron chi connectivity index (χ4n) is 3.74. The summed E-state index contributed by atoms with van der Waals surface area (Å²) >= 11 is 0. The number of fused-ring (bicyclic) bond motifs is 1. The van der Waals surface area contributed by atoms with Gasteiger partial charge in [0.05, 0.1) is 5.70 Å². The van der Waals surface area contributed by atoms with Gasteiger partial charge < -0.3 is 10.0 Å². The molecule has 144 valence electrons. The first-order valence-corrected chi connectivity index (χ1v) is 9.73. The molecule has 2 unspecified atom stereocenters. The smallest absolute Gasteiger partial charge is 0.423 e. The maximum atomic E-state index is 9.78. The normalized spacial score (nSPS) is 23.6. The second-order valence-electron chi connectivity index (χ2n) is 7.25. The van der Waals surface area contributed by atoms with Crippen molar-refractivity contribution in [2.24, 2.45) is 15.9 Å². The Bertz CT molecular complexity index is 1030. The van der Waals surface area contributed by atoms with Crippen LogP contribution in [0.5, 0.6) is 0 Å². The average Bonchev–Trinajstić information content (AvgIpc) is 2.70. The lowest BCUT2D eigenvalue weighted by Gasteiger charge is -2.26. The molecule has 2 atom stereocenters. The van der Waals surface area contributed by atoms with Crippen LogP contribution < -0.4 is 10.4 Å². The van der Waals surface area contributed by atoms with Crippen LogP contribution in [0.15, 0.2) is 69.8 Å². The number of hydrogen-bond acceptors (Lipinski definition) is 4. The number of aliphatic imine (C=N–C) groups is 2. The van der Waals surface area contributed by atoms with E-state index < -0.39 is 7.12 Å². The first kappa shape index (κ1) is 20.2. The monoisotopic (exact) mass is 374 g/mol. The molecule has 5 heteroatoms. The third kappa shape index (κ3) is 4.01. The number of benzene rings is 1. The van der Waals surface area contributed by atoms with Gasteiger partial charge in [-0.05, 0) is 60.3 Å². The first-order chi connectivity index (χ1) is 13.4. The van der Waals surface area contributed by atoms with Gasteiger partial charge in [0.2, 0.25) is 0 Å². The van der Waals surface area contributed by atoms with Crippen molar-refractivity contribution >= 4 is 30.1 Å². The minimum Gasteiger partial charge on any atom is -0.423 e. The van der Waals surface area contributed by atoms with Crippen LogP contribution in [0, 0.1) is 5.92 Å². The molecule has 3 rings (SSSR count). The van der Waals surface area contributed by atoms with E-state index >= 15 is 0 Å². The topological polar surface area (TPSA) is 65.2 Å². The van der Waals surface area contributed by atoms with Crippen LogP contribution in [-0.2, 0) is 0 Å². The molecule has 0 aromatic heterocycles. The van der Waals surface area contributed by atoms with Gasteiger partial charge in [0.15, 0.2) is 0 Å². The Balaban J connectivity index is 2.16. The molecule has 1 aromatic carbocycles. The molecule has 0 fully saturated rings. The van der Waals surface area contributed by atoms with Crippen LogP contribution in [-0.4, -0.2) is 35.1 Å². The molecule has 28 heavy (non-hydrogen) atoms. The molecule has 0 radical (unpaired) electrons. The van der Waals surface area contributed by atoms with E-state index in [-0.39, 0.29) is 12.0 Å². The van der Waals surface area contributed by atoms with E-state index in [0.717, 1.165) is 33.0 Å². The standard InChI is InChI=1S/C23H27BN2O2/c1-5-21(24(27)28)20-11-7-6-10-19(20)16(3)17(4)26-22-15(2)12-13-18-9-8-14-25-23(18)22/h6-14,18,23,27-28H,5H2,1-4H3/b19-16+,21-20+,26-17?. The summed E-state index contributed by atoms with van der Waals surface area (Å²) in [4.78, 5) is 9.62. The van der Waals surface area contributed by atoms with E-state index in [2.05, 4.69) is 30.1 Å². The highest BCUT2D eigenvalue weighted by Crippen LogP contribution is 2.30. The van der Waals surface area contributed by atoms with E-state index in [1.54, 1.807) is 0 Å². The summed E-state index contributed by atoms with van der Waals surface area (Å²) in [5.74, 6) is 0.248. The molecule has 1 heterocycles. The second-order valence-corrected chi connectivity index (χ2v) is 7.25. The molecule has 2 N–H and O–H groups in total. The quantitative estimate of drug-likeness (QED) is 0.628. The molecule has 0 bridgehead atoms. The molecule has 1 aliphatic carbocycles. The highest BCUT2D eigenvalue weighted by molar-refractivity contribution is 6.63. The van der Waals surface area contributed by atoms with Crippen molar-refractivity contribution < 1.29 is 10.0 Å². The van der Waals surface area contributed by atoms with Gasteiger partial charge in [-0.1, -0.05) is 49.4 Å². The maximum Gasteiger partial charge on any atom is 0.484 e. The molecule has 2 aliphatic rings. The Morgan fingerprint density at radius 3 is 2.54 bits per heavy atom. The highest BCUT2D eigenvalue weighted by Gasteiger charge is 2.26. The fraction of sp³-hybridized carbons (Fsp3) is 0.304. The van der Waals surface area contributed by atoms with Gasteiger partial charge in [-0.15, -0.1) is 0 Å². The molecule has 4 nitrogen and oxygen atoms in total. The van der Waals surface area contributed by atoms with Crippen molar-refractivity contribution in [3.8, 4) is 0 Å². The van der Waals surface area contributed by atoms with E-state index in [4.69, 9.17) is 4.99 Å². The van der Waals surface area contributed by atoms with Crippen molar-refractivity contribution in [3.63, 3.8) is 0 Å². The van der Waals surface area contributed by atoms with Gasteiger partial charge in [0, 0.05) is 17.8 Å². The van der Waals surface area contributed by atoms with Gasteiger partial charge in [0.1, 0.15) is 6.04 Å². The zero-order valence-electron chi connectivity index (χ0n) is 16.9. The maximum absolute atomic E-state index is 9.78. The third-order valence-corrected chi connectivity index (χ3v) is 5.48. The minimum absolute atomic E-state index is 0.0185. The molecule has 0 spiro atoms. The van der Waals surface area contributed by atoms with E-state index in [0.29, 0.717) is 11.9 Å². The Morgan fingerprint density at radius 2 is 1.86 bits per heavy atom. The average molecular weight is 374 g/mol. The van der Waals surface area contributed by atoms with Crippen molar-refractivity contribution in [1.29, 1.82) is 0 Å². The van der Waals surface area contributed by atoms with E-state index in [1.807, 2.05) is 57.3 Å². The molecular weight excluding hydrogens is 347 g/mol. The van der Waals surface area contributed by atoms with Gasteiger partial charge in [-0.3, -0.25) is 9.98 Å².